The summed E-state index contributed by atoms with van der Waals surface area (Å²) in [6.45, 7) is 6.69. The summed E-state index contributed by atoms with van der Waals surface area (Å²) < 4.78 is 17.0. The number of rotatable bonds is 69. The van der Waals surface area contributed by atoms with E-state index in [0.29, 0.717) is 19.3 Å². The van der Waals surface area contributed by atoms with Crippen molar-refractivity contribution in [2.45, 2.75) is 412 Å². The summed E-state index contributed by atoms with van der Waals surface area (Å²) in [7, 11) is 0. The van der Waals surface area contributed by atoms with Crippen molar-refractivity contribution in [1.82, 2.24) is 0 Å². The first-order valence-corrected chi connectivity index (χ1v) is 37.1. The van der Waals surface area contributed by atoms with Crippen molar-refractivity contribution in [3.63, 3.8) is 0 Å². The first-order chi connectivity index (χ1) is 41.0. The van der Waals surface area contributed by atoms with Crippen LogP contribution in [0.25, 0.3) is 0 Å². The topological polar surface area (TPSA) is 78.9 Å². The molecule has 0 heterocycles. The van der Waals surface area contributed by atoms with E-state index >= 15 is 0 Å². The predicted molar refractivity (Wildman–Crippen MR) is 362 cm³/mol. The van der Waals surface area contributed by atoms with Crippen molar-refractivity contribution in [1.29, 1.82) is 0 Å². The van der Waals surface area contributed by atoms with Crippen LogP contribution < -0.4 is 0 Å². The van der Waals surface area contributed by atoms with Gasteiger partial charge in [-0.15, -0.1) is 0 Å². The normalized spacial score (nSPS) is 12.3. The molecule has 0 N–H and O–H groups in total. The highest BCUT2D eigenvalue weighted by Gasteiger charge is 2.19. The summed E-state index contributed by atoms with van der Waals surface area (Å²) >= 11 is 0. The highest BCUT2D eigenvalue weighted by Crippen LogP contribution is 2.19. The number of ether oxygens (including phenoxy) is 3. The fourth-order valence-corrected chi connectivity index (χ4v) is 11.2. The summed E-state index contributed by atoms with van der Waals surface area (Å²) in [6, 6.07) is 0. The van der Waals surface area contributed by atoms with Gasteiger partial charge in [-0.2, -0.15) is 0 Å². The molecular weight excluding hydrogens is 1020 g/mol. The van der Waals surface area contributed by atoms with E-state index in [1.807, 2.05) is 0 Å². The third kappa shape index (κ3) is 70.0. The number of allylic oxidation sites excluding steroid dienone is 8. The molecule has 0 saturated carbocycles. The molecule has 6 heteroatoms. The average molecular weight is 1160 g/mol. The predicted octanol–water partition coefficient (Wildman–Crippen LogP) is 25.7. The van der Waals surface area contributed by atoms with E-state index in [-0.39, 0.29) is 31.1 Å². The second kappa shape index (κ2) is 71.8. The molecule has 0 saturated heterocycles. The number of carbonyl (C=O) groups is 3. The van der Waals surface area contributed by atoms with Gasteiger partial charge in [0.25, 0.3) is 0 Å². The highest BCUT2D eigenvalue weighted by atomic mass is 16.6. The Kier molecular flexibility index (Phi) is 69.6. The summed E-state index contributed by atoms with van der Waals surface area (Å²) in [5.74, 6) is -0.843. The Bertz CT molecular complexity index is 1430. The SMILES string of the molecule is CCCCCCC/C=C\C/C=C\C/C=C\CCCCCCCCCCCCCCCCCCCCC(=O)OCC(COC(=O)CCCCCCCCCCCCCCCCC)OC(=O)CCCCCCCCC/C=C\CCCCCCCC. The Hall–Kier alpha value is -2.63. The summed E-state index contributed by atoms with van der Waals surface area (Å²) in [5.41, 5.74) is 0. The van der Waals surface area contributed by atoms with E-state index < -0.39 is 6.10 Å². The minimum Gasteiger partial charge on any atom is -0.462 e. The Morgan fingerprint density at radius 2 is 0.434 bits per heavy atom. The minimum atomic E-state index is -0.773. The zero-order valence-electron chi connectivity index (χ0n) is 56.0. The van der Waals surface area contributed by atoms with Crippen molar-refractivity contribution in [2.24, 2.45) is 0 Å². The van der Waals surface area contributed by atoms with Gasteiger partial charge in [0.05, 0.1) is 0 Å². The Morgan fingerprint density at radius 1 is 0.241 bits per heavy atom. The molecular formula is C77H142O6. The molecule has 0 aliphatic heterocycles. The van der Waals surface area contributed by atoms with Crippen molar-refractivity contribution in [3.8, 4) is 0 Å². The Balaban J connectivity index is 4.16. The van der Waals surface area contributed by atoms with Crippen LogP contribution >= 0.6 is 0 Å². The molecule has 0 bridgehead atoms. The highest BCUT2D eigenvalue weighted by molar-refractivity contribution is 5.71. The summed E-state index contributed by atoms with van der Waals surface area (Å²) in [6.07, 6.45) is 91.5. The van der Waals surface area contributed by atoms with E-state index in [1.54, 1.807) is 0 Å². The quantitative estimate of drug-likeness (QED) is 0.0261. The molecule has 0 aliphatic rings. The molecule has 83 heavy (non-hydrogen) atoms. The third-order valence-electron chi connectivity index (χ3n) is 16.8. The van der Waals surface area contributed by atoms with Crippen LogP contribution in [0, 0.1) is 0 Å². The molecule has 0 fully saturated rings. The molecule has 0 amide bonds. The van der Waals surface area contributed by atoms with Crippen LogP contribution in [0.5, 0.6) is 0 Å². The summed E-state index contributed by atoms with van der Waals surface area (Å²) in [4.78, 5) is 38.5. The first kappa shape index (κ1) is 80.4. The van der Waals surface area contributed by atoms with Gasteiger partial charge >= 0.3 is 17.9 Å². The number of unbranched alkanes of at least 4 members (excludes halogenated alkanes) is 50. The fraction of sp³-hybridized carbons (Fsp3) is 0.857. The van der Waals surface area contributed by atoms with Crippen LogP contribution in [0.1, 0.15) is 406 Å². The first-order valence-electron chi connectivity index (χ1n) is 37.1. The lowest BCUT2D eigenvalue weighted by Crippen LogP contribution is -2.30. The van der Waals surface area contributed by atoms with Crippen molar-refractivity contribution < 1.29 is 28.6 Å². The molecule has 0 aliphatic carbocycles. The van der Waals surface area contributed by atoms with Gasteiger partial charge in [-0.25, -0.2) is 0 Å². The monoisotopic (exact) mass is 1160 g/mol. The number of hydrogen-bond donors (Lipinski definition) is 0. The van der Waals surface area contributed by atoms with Gasteiger partial charge in [-0.1, -0.05) is 352 Å². The zero-order chi connectivity index (χ0) is 59.9. The van der Waals surface area contributed by atoms with Crippen LogP contribution in [-0.2, 0) is 28.6 Å². The van der Waals surface area contributed by atoms with Crippen molar-refractivity contribution >= 4 is 17.9 Å². The van der Waals surface area contributed by atoms with E-state index in [9.17, 15) is 14.4 Å². The minimum absolute atomic E-state index is 0.0685. The molecule has 0 spiro atoms. The molecule has 0 aromatic rings. The van der Waals surface area contributed by atoms with Gasteiger partial charge in [0.15, 0.2) is 6.10 Å². The van der Waals surface area contributed by atoms with E-state index in [1.165, 1.54) is 295 Å². The standard InChI is InChI=1S/C77H142O6/c1-4-7-10-13-16-19-22-25-28-30-31-32-33-34-35-36-37-38-39-40-41-42-43-44-45-47-49-52-55-58-61-64-67-70-76(79)82-73-74(72-81-75(78)69-66-63-60-57-54-51-48-27-24-21-18-15-12-9-6-3)83-77(80)71-68-65-62-59-56-53-50-46-29-26-23-20-17-14-11-8-5-2/h22,25-26,29-31,33-34,74H,4-21,23-24,27-28,32,35-73H2,1-3H3/b25-22-,29-26-,31-30-,34-33-. The molecule has 0 aromatic heterocycles. The maximum Gasteiger partial charge on any atom is 0.306 e. The van der Waals surface area contributed by atoms with Crippen LogP contribution in [0.4, 0.5) is 0 Å². The van der Waals surface area contributed by atoms with Crippen molar-refractivity contribution in [3.05, 3.63) is 48.6 Å². The molecule has 6 nitrogen and oxygen atoms in total. The Morgan fingerprint density at radius 3 is 0.687 bits per heavy atom. The van der Waals surface area contributed by atoms with Crippen LogP contribution in [0.3, 0.4) is 0 Å². The lowest BCUT2D eigenvalue weighted by molar-refractivity contribution is -0.167. The third-order valence-corrected chi connectivity index (χ3v) is 16.8. The van der Waals surface area contributed by atoms with E-state index in [2.05, 4.69) is 69.4 Å². The number of carbonyl (C=O) groups excluding carboxylic acids is 3. The fourth-order valence-electron chi connectivity index (χ4n) is 11.2. The molecule has 0 radical (unpaired) electrons. The number of esters is 3. The van der Waals surface area contributed by atoms with Gasteiger partial charge < -0.3 is 14.2 Å². The molecule has 1 unspecified atom stereocenters. The largest absolute Gasteiger partial charge is 0.462 e. The lowest BCUT2D eigenvalue weighted by Gasteiger charge is -2.18. The van der Waals surface area contributed by atoms with Crippen LogP contribution in [-0.4, -0.2) is 37.2 Å². The van der Waals surface area contributed by atoms with Gasteiger partial charge in [-0.05, 0) is 83.5 Å². The van der Waals surface area contributed by atoms with Crippen molar-refractivity contribution in [2.75, 3.05) is 13.2 Å². The molecule has 1 atom stereocenters. The second-order valence-electron chi connectivity index (χ2n) is 25.2. The maximum atomic E-state index is 12.9. The number of hydrogen-bond acceptors (Lipinski definition) is 6. The summed E-state index contributed by atoms with van der Waals surface area (Å²) in [5, 5.41) is 0. The maximum absolute atomic E-state index is 12.9. The lowest BCUT2D eigenvalue weighted by atomic mass is 10.0. The molecule has 0 rings (SSSR count). The van der Waals surface area contributed by atoms with E-state index in [4.69, 9.17) is 14.2 Å². The molecule has 0 aromatic carbocycles. The molecule has 486 valence electrons. The Labute approximate surface area is 518 Å². The average Bonchev–Trinajstić information content (AvgIpc) is 3.49. The van der Waals surface area contributed by atoms with Gasteiger partial charge in [0, 0.05) is 19.3 Å². The second-order valence-corrected chi connectivity index (χ2v) is 25.2. The van der Waals surface area contributed by atoms with E-state index in [0.717, 1.165) is 70.6 Å². The van der Waals surface area contributed by atoms with Crippen LogP contribution in [0.15, 0.2) is 48.6 Å². The van der Waals surface area contributed by atoms with Gasteiger partial charge in [0.2, 0.25) is 0 Å². The zero-order valence-corrected chi connectivity index (χ0v) is 56.0. The van der Waals surface area contributed by atoms with Gasteiger partial charge in [-0.3, -0.25) is 14.4 Å². The van der Waals surface area contributed by atoms with Gasteiger partial charge in [0.1, 0.15) is 13.2 Å². The van der Waals surface area contributed by atoms with Crippen LogP contribution in [0.2, 0.25) is 0 Å². The smallest absolute Gasteiger partial charge is 0.306 e.